The molecule has 0 aromatic heterocycles. The number of halogens is 1. The summed E-state index contributed by atoms with van der Waals surface area (Å²) in [5.41, 5.74) is 1.40. The molecule has 0 atom stereocenters. The van der Waals surface area contributed by atoms with E-state index in [1.165, 1.54) is 42.1 Å². The molecule has 0 aliphatic carbocycles. The average molecular weight is 378 g/mol. The van der Waals surface area contributed by atoms with Crippen molar-refractivity contribution < 1.29 is 0 Å². The van der Waals surface area contributed by atoms with E-state index >= 15 is 0 Å². The number of allylic oxidation sites excluding steroid dienone is 1. The van der Waals surface area contributed by atoms with Crippen LogP contribution in [0.1, 0.15) is 51.5 Å². The van der Waals surface area contributed by atoms with Crippen molar-refractivity contribution in [1.82, 2.24) is 0 Å². The average Bonchev–Trinajstić information content (AvgIpc) is 2.38. The topological polar surface area (TPSA) is 0 Å². The van der Waals surface area contributed by atoms with Gasteiger partial charge in [-0.2, -0.15) is 0 Å². The Kier molecular flexibility index (Phi) is 8.86. The normalized spacial score (nSPS) is 11.8. The molecule has 0 aliphatic rings. The third-order valence-electron chi connectivity index (χ3n) is 2.77. The maximum atomic E-state index is 5.96. The molecule has 0 saturated carbocycles. The van der Waals surface area contributed by atoms with Gasteiger partial charge in [-0.25, -0.2) is 0 Å². The van der Waals surface area contributed by atoms with Crippen molar-refractivity contribution in [3.63, 3.8) is 0 Å². The van der Waals surface area contributed by atoms with Crippen LogP contribution in [0.15, 0.2) is 30.3 Å². The van der Waals surface area contributed by atoms with Gasteiger partial charge >= 0.3 is 127 Å². The van der Waals surface area contributed by atoms with E-state index in [-0.39, 0.29) is 20.9 Å². The molecule has 1 aromatic carbocycles. The van der Waals surface area contributed by atoms with Crippen molar-refractivity contribution in [2.45, 2.75) is 50.4 Å². The van der Waals surface area contributed by atoms with E-state index in [1.54, 1.807) is 3.62 Å². The molecule has 0 amide bonds. The van der Waals surface area contributed by atoms with Crippen LogP contribution in [-0.4, -0.2) is 20.9 Å². The number of hydrogen-bond donors (Lipinski definition) is 0. The van der Waals surface area contributed by atoms with Gasteiger partial charge < -0.3 is 0 Å². The molecule has 0 unspecified atom stereocenters. The summed E-state index contributed by atoms with van der Waals surface area (Å²) in [6, 6.07) is 8.38. The zero-order valence-electron chi connectivity index (χ0n) is 11.4. The first-order valence-corrected chi connectivity index (χ1v) is 10.1. The Balaban J connectivity index is 2.69. The van der Waals surface area contributed by atoms with Gasteiger partial charge in [0.2, 0.25) is 0 Å². The van der Waals surface area contributed by atoms with Crippen LogP contribution in [0.25, 0.3) is 3.62 Å². The molecule has 1 rings (SSSR count). The Labute approximate surface area is 127 Å². The monoisotopic (exact) mass is 380 g/mol. The molecule has 0 saturated heterocycles. The van der Waals surface area contributed by atoms with Gasteiger partial charge in [0.05, 0.1) is 0 Å². The summed E-state index contributed by atoms with van der Waals surface area (Å²) in [5, 5.41) is 0.834. The van der Waals surface area contributed by atoms with Crippen molar-refractivity contribution in [1.29, 1.82) is 0 Å². The molecule has 0 bridgehead atoms. The van der Waals surface area contributed by atoms with E-state index in [2.05, 4.69) is 32.1 Å². The van der Waals surface area contributed by atoms with Crippen LogP contribution in [0, 0.1) is 0 Å². The Bertz CT molecular complexity index is 354. The Morgan fingerprint density at radius 1 is 1.11 bits per heavy atom. The number of rotatable bonds is 8. The first kappa shape index (κ1) is 16.1. The number of benzene rings is 1. The fourth-order valence-corrected chi connectivity index (χ4v) is 5.16. The molecule has 0 fully saturated rings. The Morgan fingerprint density at radius 3 is 2.39 bits per heavy atom. The second-order valence-electron chi connectivity index (χ2n) is 4.42. The molecule has 0 radical (unpaired) electrons. The van der Waals surface area contributed by atoms with E-state index in [1.807, 2.05) is 12.1 Å². The molecular formula is C16H23ClTe. The third kappa shape index (κ3) is 6.28. The predicted molar refractivity (Wildman–Crippen MR) is 84.4 cm³/mol. The first-order valence-electron chi connectivity index (χ1n) is 6.86. The summed E-state index contributed by atoms with van der Waals surface area (Å²) in [4.78, 5) is 0. The first-order chi connectivity index (χ1) is 8.77. The minimum atomic E-state index is -0.0230. The molecule has 2 heteroatoms. The maximum absolute atomic E-state index is 5.96. The quantitative estimate of drug-likeness (QED) is 0.397. The predicted octanol–water partition coefficient (Wildman–Crippen LogP) is 5.79. The van der Waals surface area contributed by atoms with Crippen LogP contribution in [0.2, 0.25) is 9.49 Å². The van der Waals surface area contributed by atoms with Crippen molar-refractivity contribution in [3.8, 4) is 0 Å². The summed E-state index contributed by atoms with van der Waals surface area (Å²) in [6.07, 6.45) is 8.97. The van der Waals surface area contributed by atoms with Gasteiger partial charge in [0.25, 0.3) is 0 Å². The molecule has 100 valence electrons. The Hall–Kier alpha value is 0.0396. The van der Waals surface area contributed by atoms with Crippen LogP contribution in [0.5, 0.6) is 0 Å². The zero-order chi connectivity index (χ0) is 13.2. The van der Waals surface area contributed by atoms with Crippen LogP contribution >= 0.6 is 11.6 Å². The summed E-state index contributed by atoms with van der Waals surface area (Å²) in [7, 11) is 0. The molecule has 0 heterocycles. The fraction of sp³-hybridized carbons (Fsp3) is 0.500. The molecule has 0 aliphatic heterocycles. The van der Waals surface area contributed by atoms with Gasteiger partial charge in [-0.1, -0.05) is 0 Å². The van der Waals surface area contributed by atoms with Gasteiger partial charge in [-0.15, -0.1) is 0 Å². The van der Waals surface area contributed by atoms with E-state index in [0.29, 0.717) is 0 Å². The van der Waals surface area contributed by atoms with Gasteiger partial charge in [0.1, 0.15) is 0 Å². The molecular weight excluding hydrogens is 355 g/mol. The molecule has 18 heavy (non-hydrogen) atoms. The third-order valence-corrected chi connectivity index (χ3v) is 6.47. The van der Waals surface area contributed by atoms with Crippen LogP contribution in [-0.2, 0) is 0 Å². The number of hydrogen-bond acceptors (Lipinski definition) is 0. The van der Waals surface area contributed by atoms with Crippen molar-refractivity contribution in [3.05, 3.63) is 40.9 Å². The molecule has 0 nitrogen and oxygen atoms in total. The van der Waals surface area contributed by atoms with Gasteiger partial charge in [0.15, 0.2) is 0 Å². The van der Waals surface area contributed by atoms with Gasteiger partial charge in [0, 0.05) is 0 Å². The second-order valence-corrected chi connectivity index (χ2v) is 8.10. The molecule has 0 spiro atoms. The van der Waals surface area contributed by atoms with Gasteiger partial charge in [-0.05, 0) is 0 Å². The van der Waals surface area contributed by atoms with Crippen molar-refractivity contribution >= 4 is 36.1 Å². The van der Waals surface area contributed by atoms with E-state index in [9.17, 15) is 0 Å². The summed E-state index contributed by atoms with van der Waals surface area (Å²) < 4.78 is 3.04. The van der Waals surface area contributed by atoms with E-state index in [4.69, 9.17) is 11.6 Å². The summed E-state index contributed by atoms with van der Waals surface area (Å²) in [6.45, 7) is 4.53. The van der Waals surface area contributed by atoms with Crippen LogP contribution in [0.4, 0.5) is 0 Å². The summed E-state index contributed by atoms with van der Waals surface area (Å²) >= 11 is 5.94. The van der Waals surface area contributed by atoms with E-state index < -0.39 is 0 Å². The minimum absolute atomic E-state index is 0.0230. The van der Waals surface area contributed by atoms with Crippen molar-refractivity contribution in [2.75, 3.05) is 0 Å². The standard InChI is InChI=1S/C16H23ClTe/c1-3-5-7-8-16(18-13-6-4-2)14-9-11-15(17)12-10-14/h8-12H,3-7,13H2,1-2H3/b16-8+. The Morgan fingerprint density at radius 2 is 1.78 bits per heavy atom. The summed E-state index contributed by atoms with van der Waals surface area (Å²) in [5.74, 6) is 0. The van der Waals surface area contributed by atoms with Crippen molar-refractivity contribution in [2.24, 2.45) is 0 Å². The van der Waals surface area contributed by atoms with Crippen LogP contribution < -0.4 is 0 Å². The fourth-order valence-electron chi connectivity index (χ4n) is 1.64. The second kappa shape index (κ2) is 9.90. The molecule has 0 N–H and O–H groups in total. The molecule has 1 aromatic rings. The number of unbranched alkanes of at least 4 members (excludes halogenated alkanes) is 3. The zero-order valence-corrected chi connectivity index (χ0v) is 14.5. The van der Waals surface area contributed by atoms with E-state index in [0.717, 1.165) is 5.02 Å². The van der Waals surface area contributed by atoms with Gasteiger partial charge in [-0.3, -0.25) is 0 Å². The SMILES string of the molecule is CCCC/C=C(/[Te]CCCC)c1ccc(Cl)cc1. The van der Waals surface area contributed by atoms with Crippen LogP contribution in [0.3, 0.4) is 0 Å².